The van der Waals surface area contributed by atoms with Crippen LogP contribution < -0.4 is 21.3 Å². The third-order valence-electron chi connectivity index (χ3n) is 3.73. The Labute approximate surface area is 197 Å². The summed E-state index contributed by atoms with van der Waals surface area (Å²) in [5.41, 5.74) is 1.25. The third-order valence-corrected chi connectivity index (χ3v) is 3.73. The number of carbonyl (C=O) groups is 2. The molecule has 1 aromatic carbocycles. The zero-order valence-corrected chi connectivity index (χ0v) is 21.3. The van der Waals surface area contributed by atoms with Crippen molar-refractivity contribution < 1.29 is 9.59 Å². The molecule has 0 bridgehead atoms. The molecule has 170 valence electrons. The molecule has 1 aromatic rings. The van der Waals surface area contributed by atoms with E-state index in [4.69, 9.17) is 0 Å². The summed E-state index contributed by atoms with van der Waals surface area (Å²) < 4.78 is 0. The van der Waals surface area contributed by atoms with Gasteiger partial charge in [-0.25, -0.2) is 4.99 Å². The van der Waals surface area contributed by atoms with Crippen LogP contribution in [0.15, 0.2) is 29.3 Å². The molecular weight excluding hydrogens is 495 g/mol. The minimum Gasteiger partial charge on any atom is -0.357 e. The van der Waals surface area contributed by atoms with E-state index in [1.807, 2.05) is 64.9 Å². The Morgan fingerprint density at radius 2 is 1.80 bits per heavy atom. The Balaban J connectivity index is 0.00000841. The number of nitrogens with zero attached hydrogens (tertiary/aromatic N) is 2. The lowest BCUT2D eigenvalue weighted by atomic mass is 10.1. The smallest absolute Gasteiger partial charge is 0.251 e. The molecule has 2 amide bonds. The number of amides is 2. The van der Waals surface area contributed by atoms with Crippen LogP contribution in [0.3, 0.4) is 0 Å². The second-order valence-electron chi connectivity index (χ2n) is 8.11. The lowest BCUT2D eigenvalue weighted by Gasteiger charge is -2.21. The summed E-state index contributed by atoms with van der Waals surface area (Å²) in [6, 6.07) is 7.40. The lowest BCUT2D eigenvalue weighted by molar-refractivity contribution is -0.121. The fourth-order valence-corrected chi connectivity index (χ4v) is 2.44. The van der Waals surface area contributed by atoms with Crippen LogP contribution in [-0.4, -0.2) is 68.5 Å². The molecule has 0 atom stereocenters. The molecule has 0 aliphatic carbocycles. The van der Waals surface area contributed by atoms with Gasteiger partial charge in [-0.2, -0.15) is 0 Å². The number of hydrogen-bond acceptors (Lipinski definition) is 4. The Hall–Kier alpha value is -1.88. The van der Waals surface area contributed by atoms with Crippen molar-refractivity contribution in [3.05, 3.63) is 35.4 Å². The quantitative estimate of drug-likeness (QED) is 0.220. The maximum absolute atomic E-state index is 12.3. The summed E-state index contributed by atoms with van der Waals surface area (Å²) in [6.45, 7) is 10.4. The van der Waals surface area contributed by atoms with Crippen molar-refractivity contribution in [1.29, 1.82) is 0 Å². The highest BCUT2D eigenvalue weighted by molar-refractivity contribution is 14.0. The number of likely N-dealkylation sites (N-methyl/N-ethyl adjacent to an activating group) is 1. The fraction of sp³-hybridized carbons (Fsp3) is 0.571. The van der Waals surface area contributed by atoms with Crippen LogP contribution in [0.1, 0.15) is 43.6 Å². The SMILES string of the molecule is CCNC(=NCc1cccc(C(=O)NCCN(C)C)c1)NCC(=O)NC(C)(C)C.I. The predicted molar refractivity (Wildman–Crippen MR) is 133 cm³/mol. The Morgan fingerprint density at radius 3 is 2.40 bits per heavy atom. The van der Waals surface area contributed by atoms with Gasteiger partial charge in [0.05, 0.1) is 13.1 Å². The van der Waals surface area contributed by atoms with Gasteiger partial charge in [0, 0.05) is 30.7 Å². The molecule has 30 heavy (non-hydrogen) atoms. The van der Waals surface area contributed by atoms with Gasteiger partial charge in [0.15, 0.2) is 5.96 Å². The van der Waals surface area contributed by atoms with E-state index >= 15 is 0 Å². The molecule has 0 saturated heterocycles. The molecule has 0 saturated carbocycles. The van der Waals surface area contributed by atoms with Gasteiger partial charge in [0.1, 0.15) is 0 Å². The van der Waals surface area contributed by atoms with E-state index in [-0.39, 0.29) is 47.9 Å². The average Bonchev–Trinajstić information content (AvgIpc) is 2.62. The highest BCUT2D eigenvalue weighted by Crippen LogP contribution is 2.07. The van der Waals surface area contributed by atoms with Crippen molar-refractivity contribution in [2.24, 2.45) is 4.99 Å². The van der Waals surface area contributed by atoms with Crippen LogP contribution in [-0.2, 0) is 11.3 Å². The number of rotatable bonds is 9. The van der Waals surface area contributed by atoms with Gasteiger partial charge in [0.25, 0.3) is 5.91 Å². The summed E-state index contributed by atoms with van der Waals surface area (Å²) in [4.78, 5) is 30.8. The van der Waals surface area contributed by atoms with Gasteiger partial charge in [0.2, 0.25) is 5.91 Å². The van der Waals surface area contributed by atoms with Crippen LogP contribution in [0.5, 0.6) is 0 Å². The van der Waals surface area contributed by atoms with Crippen LogP contribution in [0.25, 0.3) is 0 Å². The van der Waals surface area contributed by atoms with E-state index in [9.17, 15) is 9.59 Å². The highest BCUT2D eigenvalue weighted by Gasteiger charge is 2.13. The summed E-state index contributed by atoms with van der Waals surface area (Å²) in [5.74, 6) is 0.360. The molecule has 1 rings (SSSR count). The standard InChI is InChI=1S/C21H36N6O2.HI/c1-7-22-20(25-15-18(28)26-21(2,3)4)24-14-16-9-8-10-17(13-16)19(29)23-11-12-27(5)6;/h8-10,13H,7,11-12,14-15H2,1-6H3,(H,23,29)(H,26,28)(H2,22,24,25);1H. The van der Waals surface area contributed by atoms with Gasteiger partial charge in [-0.3, -0.25) is 9.59 Å². The first-order valence-electron chi connectivity index (χ1n) is 9.95. The topological polar surface area (TPSA) is 97.9 Å². The van der Waals surface area contributed by atoms with Crippen molar-refractivity contribution in [1.82, 2.24) is 26.2 Å². The second kappa shape index (κ2) is 14.2. The van der Waals surface area contributed by atoms with Crippen LogP contribution >= 0.6 is 24.0 Å². The molecule has 8 nitrogen and oxygen atoms in total. The molecule has 0 fully saturated rings. The van der Waals surface area contributed by atoms with E-state index in [0.29, 0.717) is 31.2 Å². The molecule has 9 heteroatoms. The first-order chi connectivity index (χ1) is 13.6. The molecule has 0 unspecified atom stereocenters. The van der Waals surface area contributed by atoms with Gasteiger partial charge < -0.3 is 26.2 Å². The van der Waals surface area contributed by atoms with Crippen LogP contribution in [0.2, 0.25) is 0 Å². The van der Waals surface area contributed by atoms with Crippen molar-refractivity contribution in [3.63, 3.8) is 0 Å². The first kappa shape index (κ1) is 28.1. The fourth-order valence-electron chi connectivity index (χ4n) is 2.44. The minimum atomic E-state index is -0.276. The highest BCUT2D eigenvalue weighted by atomic mass is 127. The van der Waals surface area contributed by atoms with Crippen molar-refractivity contribution >= 4 is 41.8 Å². The number of aliphatic imine (C=N–C) groups is 1. The first-order valence-corrected chi connectivity index (χ1v) is 9.95. The summed E-state index contributed by atoms with van der Waals surface area (Å²) in [6.07, 6.45) is 0. The molecule has 0 aliphatic heterocycles. The van der Waals surface area contributed by atoms with Gasteiger partial charge >= 0.3 is 0 Å². The van der Waals surface area contributed by atoms with Crippen LogP contribution in [0, 0.1) is 0 Å². The van der Waals surface area contributed by atoms with Gasteiger partial charge in [-0.15, -0.1) is 24.0 Å². The number of carbonyl (C=O) groups excluding carboxylic acids is 2. The molecule has 0 heterocycles. The third kappa shape index (κ3) is 12.6. The maximum atomic E-state index is 12.3. The number of halogens is 1. The molecule has 0 aliphatic rings. The van der Waals surface area contributed by atoms with Gasteiger partial charge in [-0.05, 0) is 59.5 Å². The lowest BCUT2D eigenvalue weighted by Crippen LogP contribution is -2.48. The Morgan fingerprint density at radius 1 is 1.10 bits per heavy atom. The normalized spacial score (nSPS) is 11.5. The van der Waals surface area contributed by atoms with Crippen molar-refractivity contribution in [3.8, 4) is 0 Å². The van der Waals surface area contributed by atoms with Crippen molar-refractivity contribution in [2.75, 3.05) is 40.3 Å². The predicted octanol–water partition coefficient (Wildman–Crippen LogP) is 1.57. The number of benzene rings is 1. The molecule has 0 spiro atoms. The van der Waals surface area contributed by atoms with E-state index in [0.717, 1.165) is 12.1 Å². The van der Waals surface area contributed by atoms with E-state index in [1.54, 1.807) is 6.07 Å². The monoisotopic (exact) mass is 532 g/mol. The van der Waals surface area contributed by atoms with E-state index in [1.165, 1.54) is 0 Å². The average molecular weight is 532 g/mol. The zero-order valence-electron chi connectivity index (χ0n) is 19.0. The minimum absolute atomic E-state index is 0. The summed E-state index contributed by atoms with van der Waals surface area (Å²) in [7, 11) is 3.93. The number of hydrogen-bond donors (Lipinski definition) is 4. The summed E-state index contributed by atoms with van der Waals surface area (Å²) >= 11 is 0. The maximum Gasteiger partial charge on any atom is 0.251 e. The Bertz CT molecular complexity index is 701. The largest absolute Gasteiger partial charge is 0.357 e. The second-order valence-corrected chi connectivity index (χ2v) is 8.11. The number of guanidine groups is 1. The Kier molecular flexibility index (Phi) is 13.3. The van der Waals surface area contributed by atoms with E-state index < -0.39 is 0 Å². The summed E-state index contributed by atoms with van der Waals surface area (Å²) in [5, 5.41) is 12.0. The van der Waals surface area contributed by atoms with Crippen LogP contribution in [0.4, 0.5) is 0 Å². The van der Waals surface area contributed by atoms with E-state index in [2.05, 4.69) is 26.3 Å². The zero-order chi connectivity index (χ0) is 21.9. The number of nitrogens with one attached hydrogen (secondary N) is 4. The molecule has 0 aromatic heterocycles. The van der Waals surface area contributed by atoms with Gasteiger partial charge in [-0.1, -0.05) is 12.1 Å². The molecule has 4 N–H and O–H groups in total. The molecular formula is C21H37IN6O2. The van der Waals surface area contributed by atoms with Crippen molar-refractivity contribution in [2.45, 2.75) is 39.8 Å². The molecule has 0 radical (unpaired) electrons.